The van der Waals surface area contributed by atoms with Gasteiger partial charge in [-0.15, -0.1) is 0 Å². The van der Waals surface area contributed by atoms with E-state index in [-0.39, 0.29) is 16.6 Å². The molecule has 25 heavy (non-hydrogen) atoms. The fourth-order valence-corrected chi connectivity index (χ4v) is 2.91. The van der Waals surface area contributed by atoms with E-state index < -0.39 is 4.92 Å². The average Bonchev–Trinajstić information content (AvgIpc) is 2.85. The van der Waals surface area contributed by atoms with Crippen molar-refractivity contribution in [2.24, 2.45) is 5.10 Å². The molecule has 126 valence electrons. The first-order chi connectivity index (χ1) is 11.9. The summed E-state index contributed by atoms with van der Waals surface area (Å²) in [5, 5.41) is 16.7. The van der Waals surface area contributed by atoms with Gasteiger partial charge >= 0.3 is 0 Å². The van der Waals surface area contributed by atoms with E-state index in [0.717, 1.165) is 3.57 Å². The fraction of sp³-hybridized carbons (Fsp3) is 0.0588. The van der Waals surface area contributed by atoms with Crippen LogP contribution in [0.1, 0.15) is 12.5 Å². The topological polar surface area (TPSA) is 75.8 Å². The van der Waals surface area contributed by atoms with Crippen molar-refractivity contribution >= 4 is 63.3 Å². The molecule has 0 aliphatic carbocycles. The van der Waals surface area contributed by atoms with Crippen LogP contribution in [0.15, 0.2) is 53.1 Å². The number of anilines is 1. The summed E-state index contributed by atoms with van der Waals surface area (Å²) in [5.74, 6) is -0.281. The Morgan fingerprint density at radius 3 is 2.56 bits per heavy atom. The number of amides is 1. The molecule has 0 fully saturated rings. The Morgan fingerprint density at radius 1 is 1.24 bits per heavy atom. The lowest BCUT2D eigenvalue weighted by atomic mass is 10.1. The summed E-state index contributed by atoms with van der Waals surface area (Å²) in [5.41, 5.74) is 1.90. The molecule has 0 atom stereocenters. The third-order valence-corrected chi connectivity index (χ3v) is 4.65. The molecule has 0 saturated carbocycles. The Hall–Kier alpha value is -2.26. The van der Waals surface area contributed by atoms with Crippen molar-refractivity contribution in [2.45, 2.75) is 6.92 Å². The van der Waals surface area contributed by atoms with E-state index in [1.807, 2.05) is 24.3 Å². The second-order valence-electron chi connectivity index (χ2n) is 5.30. The quantitative estimate of drug-likeness (QED) is 0.285. The Balaban J connectivity index is 1.96. The van der Waals surface area contributed by atoms with E-state index in [4.69, 9.17) is 11.6 Å². The third kappa shape index (κ3) is 3.57. The number of nitrogens with zero attached hydrogens (tertiary/aromatic N) is 3. The van der Waals surface area contributed by atoms with Crippen LogP contribution in [0.4, 0.5) is 11.4 Å². The Morgan fingerprint density at radius 2 is 1.92 bits per heavy atom. The van der Waals surface area contributed by atoms with Gasteiger partial charge in [0, 0.05) is 9.64 Å². The molecule has 3 rings (SSSR count). The highest BCUT2D eigenvalue weighted by molar-refractivity contribution is 14.1. The van der Waals surface area contributed by atoms with Gasteiger partial charge in [-0.3, -0.25) is 14.9 Å². The van der Waals surface area contributed by atoms with Crippen LogP contribution in [0.5, 0.6) is 0 Å². The summed E-state index contributed by atoms with van der Waals surface area (Å²) in [6.07, 6.45) is 1.58. The molecule has 0 radical (unpaired) electrons. The molecule has 0 unspecified atom stereocenters. The van der Waals surface area contributed by atoms with E-state index in [1.165, 1.54) is 17.1 Å². The molecule has 8 heteroatoms. The summed E-state index contributed by atoms with van der Waals surface area (Å²) in [4.78, 5) is 23.1. The molecular formula is C17H11ClIN3O3. The van der Waals surface area contributed by atoms with Gasteiger partial charge in [0.2, 0.25) is 0 Å². The first-order valence-electron chi connectivity index (χ1n) is 7.18. The van der Waals surface area contributed by atoms with Gasteiger partial charge in [0.1, 0.15) is 5.02 Å². The largest absolute Gasteiger partial charge is 0.288 e. The third-order valence-electron chi connectivity index (χ3n) is 3.61. The predicted molar refractivity (Wildman–Crippen MR) is 106 cm³/mol. The van der Waals surface area contributed by atoms with Gasteiger partial charge < -0.3 is 0 Å². The van der Waals surface area contributed by atoms with Crippen molar-refractivity contribution in [3.63, 3.8) is 0 Å². The minimum absolute atomic E-state index is 0.0517. The second-order valence-corrected chi connectivity index (χ2v) is 6.96. The van der Waals surface area contributed by atoms with Crippen LogP contribution in [0.2, 0.25) is 5.02 Å². The highest BCUT2D eigenvalue weighted by Gasteiger charge is 2.28. The zero-order valence-corrected chi connectivity index (χ0v) is 15.9. The molecule has 6 nitrogen and oxygen atoms in total. The van der Waals surface area contributed by atoms with Crippen LogP contribution in [-0.4, -0.2) is 16.5 Å². The van der Waals surface area contributed by atoms with Gasteiger partial charge in [-0.1, -0.05) is 17.7 Å². The van der Waals surface area contributed by atoms with E-state index in [9.17, 15) is 14.9 Å². The standard InChI is InChI=1S/C17H11ClIN3O3/c1-10-14(8-11-2-7-15(18)16(9-11)22(24)25)17(23)21(20-10)13-5-3-12(19)4-6-13/h2-9H,1H3/b14-8+. The highest BCUT2D eigenvalue weighted by atomic mass is 127. The van der Waals surface area contributed by atoms with Crippen molar-refractivity contribution in [2.75, 3.05) is 5.01 Å². The van der Waals surface area contributed by atoms with Crippen LogP contribution in [-0.2, 0) is 4.79 Å². The molecule has 0 spiro atoms. The summed E-state index contributed by atoms with van der Waals surface area (Å²) < 4.78 is 1.05. The molecule has 1 aliphatic rings. The maximum absolute atomic E-state index is 12.7. The smallest absolute Gasteiger partial charge is 0.267 e. The normalized spacial score (nSPS) is 15.6. The van der Waals surface area contributed by atoms with E-state index in [1.54, 1.807) is 19.1 Å². The summed E-state index contributed by atoms with van der Waals surface area (Å²) in [7, 11) is 0. The van der Waals surface area contributed by atoms with E-state index in [2.05, 4.69) is 27.7 Å². The van der Waals surface area contributed by atoms with Gasteiger partial charge in [-0.05, 0) is 71.5 Å². The molecule has 2 aromatic carbocycles. The summed E-state index contributed by atoms with van der Waals surface area (Å²) >= 11 is 8.00. The van der Waals surface area contributed by atoms with Crippen LogP contribution < -0.4 is 5.01 Å². The lowest BCUT2D eigenvalue weighted by Gasteiger charge is -2.11. The van der Waals surface area contributed by atoms with Crippen molar-refractivity contribution in [1.29, 1.82) is 0 Å². The molecule has 2 aromatic rings. The maximum atomic E-state index is 12.7. The summed E-state index contributed by atoms with van der Waals surface area (Å²) in [6.45, 7) is 1.72. The average molecular weight is 468 g/mol. The number of nitro groups is 1. The number of carbonyl (C=O) groups excluding carboxylic acids is 1. The molecular weight excluding hydrogens is 457 g/mol. The number of rotatable bonds is 3. The minimum Gasteiger partial charge on any atom is -0.267 e. The van der Waals surface area contributed by atoms with Gasteiger partial charge in [0.05, 0.1) is 21.9 Å². The Labute approximate surface area is 162 Å². The lowest BCUT2D eigenvalue weighted by Crippen LogP contribution is -2.21. The Kier molecular flexibility index (Phi) is 4.87. The van der Waals surface area contributed by atoms with Crippen LogP contribution >= 0.6 is 34.2 Å². The molecule has 0 bridgehead atoms. The van der Waals surface area contributed by atoms with Crippen LogP contribution in [0, 0.1) is 13.7 Å². The van der Waals surface area contributed by atoms with Crippen LogP contribution in [0.25, 0.3) is 6.08 Å². The van der Waals surface area contributed by atoms with Crippen molar-refractivity contribution in [3.05, 3.63) is 72.3 Å². The molecule has 1 amide bonds. The number of benzene rings is 2. The number of hydrazone groups is 1. The number of hydrogen-bond acceptors (Lipinski definition) is 4. The van der Waals surface area contributed by atoms with Gasteiger partial charge in [0.15, 0.2) is 0 Å². The lowest BCUT2D eigenvalue weighted by molar-refractivity contribution is -0.384. The van der Waals surface area contributed by atoms with Crippen molar-refractivity contribution < 1.29 is 9.72 Å². The van der Waals surface area contributed by atoms with Crippen molar-refractivity contribution in [3.8, 4) is 0 Å². The predicted octanol–water partition coefficient (Wildman–Crippen LogP) is 4.66. The Bertz CT molecular complexity index is 939. The zero-order valence-electron chi connectivity index (χ0n) is 12.9. The van der Waals surface area contributed by atoms with E-state index in [0.29, 0.717) is 22.5 Å². The molecule has 0 aromatic heterocycles. The summed E-state index contributed by atoms with van der Waals surface area (Å²) in [6, 6.07) is 11.8. The zero-order chi connectivity index (χ0) is 18.1. The highest BCUT2D eigenvalue weighted by Crippen LogP contribution is 2.29. The number of hydrogen-bond donors (Lipinski definition) is 0. The first kappa shape index (κ1) is 17.6. The minimum atomic E-state index is -0.556. The number of nitro benzene ring substituents is 1. The van der Waals surface area contributed by atoms with Gasteiger partial charge in [-0.2, -0.15) is 10.1 Å². The maximum Gasteiger partial charge on any atom is 0.288 e. The first-order valence-corrected chi connectivity index (χ1v) is 8.64. The van der Waals surface area contributed by atoms with Crippen LogP contribution in [0.3, 0.4) is 0 Å². The SMILES string of the molecule is CC1=NN(c2ccc(I)cc2)C(=O)/C1=C/c1ccc(Cl)c([N+](=O)[O-])c1. The molecule has 0 saturated heterocycles. The van der Waals surface area contributed by atoms with Gasteiger partial charge in [-0.25, -0.2) is 0 Å². The van der Waals surface area contributed by atoms with Crippen molar-refractivity contribution in [1.82, 2.24) is 0 Å². The molecule has 1 aliphatic heterocycles. The number of halogens is 2. The van der Waals surface area contributed by atoms with E-state index >= 15 is 0 Å². The molecule has 1 heterocycles. The second kappa shape index (κ2) is 6.93. The monoisotopic (exact) mass is 467 g/mol. The molecule has 0 N–H and O–H groups in total. The fourth-order valence-electron chi connectivity index (χ4n) is 2.37. The number of carbonyl (C=O) groups is 1. The van der Waals surface area contributed by atoms with Gasteiger partial charge in [0.25, 0.3) is 11.6 Å².